The Hall–Kier alpha value is -1.26. The highest BCUT2D eigenvalue weighted by molar-refractivity contribution is 6.33. The number of amides is 1. The summed E-state index contributed by atoms with van der Waals surface area (Å²) in [4.78, 5) is 13.4. The largest absolute Gasteiger partial charge is 0.389 e. The van der Waals surface area contributed by atoms with Crippen molar-refractivity contribution in [1.82, 2.24) is 5.32 Å². The second kappa shape index (κ2) is 5.59. The number of nitrogens with zero attached hydrogens (tertiary/aromatic N) is 1. The van der Waals surface area contributed by atoms with Crippen molar-refractivity contribution in [3.05, 3.63) is 28.8 Å². The first kappa shape index (κ1) is 13.2. The molecule has 1 unspecified atom stereocenters. The van der Waals surface area contributed by atoms with Gasteiger partial charge in [0.2, 0.25) is 5.91 Å². The van der Waals surface area contributed by atoms with Crippen LogP contribution >= 0.6 is 11.6 Å². The summed E-state index contributed by atoms with van der Waals surface area (Å²) in [7, 11) is 0. The van der Waals surface area contributed by atoms with Gasteiger partial charge in [0, 0.05) is 26.1 Å². The van der Waals surface area contributed by atoms with E-state index < -0.39 is 6.10 Å². The molecule has 1 heterocycles. The lowest BCUT2D eigenvalue weighted by Crippen LogP contribution is -2.28. The molecule has 98 valence electrons. The number of halogens is 1. The Morgan fingerprint density at radius 2 is 2.22 bits per heavy atom. The third-order valence-electron chi connectivity index (χ3n) is 3.11. The summed E-state index contributed by atoms with van der Waals surface area (Å²) >= 11 is 6.24. The molecule has 0 aromatic heterocycles. The molecule has 2 N–H and O–H groups in total. The molecule has 1 saturated heterocycles. The monoisotopic (exact) mass is 268 g/mol. The van der Waals surface area contributed by atoms with E-state index in [-0.39, 0.29) is 5.91 Å². The predicted octanol–water partition coefficient (Wildman–Crippen LogP) is 1.72. The van der Waals surface area contributed by atoms with Gasteiger partial charge in [-0.2, -0.15) is 0 Å². The number of anilines is 1. The number of aliphatic hydroxyl groups excluding tert-OH is 1. The summed E-state index contributed by atoms with van der Waals surface area (Å²) in [5.41, 5.74) is 1.71. The van der Waals surface area contributed by atoms with Crippen LogP contribution in [0.15, 0.2) is 18.2 Å². The van der Waals surface area contributed by atoms with Crippen LogP contribution in [-0.4, -0.2) is 30.6 Å². The molecular formula is C13H17ClN2O2. The fraction of sp³-hybridized carbons (Fsp3) is 0.462. The van der Waals surface area contributed by atoms with Crippen molar-refractivity contribution in [3.8, 4) is 0 Å². The van der Waals surface area contributed by atoms with Crippen LogP contribution in [0.1, 0.15) is 25.0 Å². The van der Waals surface area contributed by atoms with E-state index >= 15 is 0 Å². The van der Waals surface area contributed by atoms with Crippen LogP contribution in [0.3, 0.4) is 0 Å². The molecule has 2 rings (SSSR count). The van der Waals surface area contributed by atoms with Crippen molar-refractivity contribution in [2.45, 2.75) is 19.4 Å². The molecule has 1 aromatic rings. The molecule has 5 heteroatoms. The first-order valence-electron chi connectivity index (χ1n) is 6.07. The zero-order chi connectivity index (χ0) is 13.1. The summed E-state index contributed by atoms with van der Waals surface area (Å²) < 4.78 is 0. The van der Waals surface area contributed by atoms with Gasteiger partial charge in [0.15, 0.2) is 0 Å². The molecule has 0 aliphatic carbocycles. The third kappa shape index (κ3) is 2.94. The topological polar surface area (TPSA) is 52.6 Å². The van der Waals surface area contributed by atoms with E-state index in [1.807, 2.05) is 12.1 Å². The summed E-state index contributed by atoms with van der Waals surface area (Å²) in [5.74, 6) is 0.0780. The summed E-state index contributed by atoms with van der Waals surface area (Å²) in [5, 5.41) is 12.9. The van der Waals surface area contributed by atoms with Gasteiger partial charge in [0.1, 0.15) is 0 Å². The van der Waals surface area contributed by atoms with Gasteiger partial charge in [-0.25, -0.2) is 0 Å². The second-order valence-corrected chi connectivity index (χ2v) is 4.88. The van der Waals surface area contributed by atoms with Crippen LogP contribution < -0.4 is 10.2 Å². The van der Waals surface area contributed by atoms with Crippen molar-refractivity contribution >= 4 is 23.2 Å². The van der Waals surface area contributed by atoms with Crippen LogP contribution in [0.5, 0.6) is 0 Å². The van der Waals surface area contributed by atoms with Crippen molar-refractivity contribution < 1.29 is 9.90 Å². The molecule has 0 bridgehead atoms. The molecule has 1 aliphatic rings. The summed E-state index contributed by atoms with van der Waals surface area (Å²) in [6.07, 6.45) is -0.0435. The molecule has 1 aliphatic heterocycles. The number of nitrogens with one attached hydrogen (secondary N) is 1. The van der Waals surface area contributed by atoms with Crippen LogP contribution in [0.25, 0.3) is 0 Å². The van der Waals surface area contributed by atoms with Crippen LogP contribution in [0, 0.1) is 0 Å². The summed E-state index contributed by atoms with van der Waals surface area (Å²) in [6.45, 7) is 3.76. The number of hydrogen-bond donors (Lipinski definition) is 2. The van der Waals surface area contributed by atoms with Crippen molar-refractivity contribution in [2.75, 3.05) is 24.5 Å². The Bertz CT molecular complexity index is 449. The highest BCUT2D eigenvalue weighted by Crippen LogP contribution is 2.29. The number of carbonyl (C=O) groups excluding carboxylic acids is 1. The van der Waals surface area contributed by atoms with E-state index in [9.17, 15) is 9.90 Å². The van der Waals surface area contributed by atoms with Gasteiger partial charge in [-0.15, -0.1) is 0 Å². The molecule has 1 atom stereocenters. The number of carbonyl (C=O) groups is 1. The quantitative estimate of drug-likeness (QED) is 0.859. The Balaban J connectivity index is 2.20. The van der Waals surface area contributed by atoms with Crippen LogP contribution in [-0.2, 0) is 4.79 Å². The Morgan fingerprint density at radius 1 is 1.44 bits per heavy atom. The first-order chi connectivity index (χ1) is 8.58. The van der Waals surface area contributed by atoms with Crippen LogP contribution in [0.2, 0.25) is 5.02 Å². The van der Waals surface area contributed by atoms with Gasteiger partial charge in [0.05, 0.1) is 16.8 Å². The molecule has 4 nitrogen and oxygen atoms in total. The smallest absolute Gasteiger partial charge is 0.221 e. The van der Waals surface area contributed by atoms with Crippen molar-refractivity contribution in [1.29, 1.82) is 0 Å². The minimum atomic E-state index is -0.524. The normalized spacial score (nSPS) is 18.2. The highest BCUT2D eigenvalue weighted by Gasteiger charge is 2.16. The van der Waals surface area contributed by atoms with Gasteiger partial charge >= 0.3 is 0 Å². The Labute approximate surface area is 112 Å². The highest BCUT2D eigenvalue weighted by atomic mass is 35.5. The first-order valence-corrected chi connectivity index (χ1v) is 6.45. The third-order valence-corrected chi connectivity index (χ3v) is 3.41. The Kier molecular flexibility index (Phi) is 4.09. The van der Waals surface area contributed by atoms with E-state index in [2.05, 4.69) is 10.2 Å². The maximum atomic E-state index is 11.3. The maximum Gasteiger partial charge on any atom is 0.221 e. The van der Waals surface area contributed by atoms with Gasteiger partial charge < -0.3 is 15.3 Å². The van der Waals surface area contributed by atoms with E-state index in [4.69, 9.17) is 11.6 Å². The molecule has 18 heavy (non-hydrogen) atoms. The molecule has 0 saturated carbocycles. The van der Waals surface area contributed by atoms with Gasteiger partial charge in [-0.3, -0.25) is 4.79 Å². The lowest BCUT2D eigenvalue weighted by atomic mass is 10.1. The average Bonchev–Trinajstić information content (AvgIpc) is 2.54. The predicted molar refractivity (Wildman–Crippen MR) is 71.9 cm³/mol. The van der Waals surface area contributed by atoms with Crippen LogP contribution in [0.4, 0.5) is 5.69 Å². The van der Waals surface area contributed by atoms with E-state index in [1.54, 1.807) is 13.0 Å². The minimum Gasteiger partial charge on any atom is -0.389 e. The van der Waals surface area contributed by atoms with Crippen molar-refractivity contribution in [3.63, 3.8) is 0 Å². The molecular weight excluding hydrogens is 252 g/mol. The fourth-order valence-corrected chi connectivity index (χ4v) is 2.36. The zero-order valence-corrected chi connectivity index (χ0v) is 11.1. The number of hydrogen-bond acceptors (Lipinski definition) is 3. The Morgan fingerprint density at radius 3 is 2.89 bits per heavy atom. The van der Waals surface area contributed by atoms with E-state index in [1.165, 1.54) is 0 Å². The second-order valence-electron chi connectivity index (χ2n) is 4.47. The molecule has 1 aromatic carbocycles. The van der Waals surface area contributed by atoms with E-state index in [0.717, 1.165) is 17.8 Å². The number of aliphatic hydroxyl groups is 1. The zero-order valence-electron chi connectivity index (χ0n) is 10.3. The van der Waals surface area contributed by atoms with Crippen molar-refractivity contribution in [2.24, 2.45) is 0 Å². The molecule has 1 amide bonds. The lowest BCUT2D eigenvalue weighted by molar-refractivity contribution is -0.120. The standard InChI is InChI=1S/C13H17ClN2O2/c1-9(17)10-2-3-12(11(14)8-10)16-6-4-13(18)15-5-7-16/h2-3,8-9,17H,4-7H2,1H3,(H,15,18). The van der Waals surface area contributed by atoms with Gasteiger partial charge in [0.25, 0.3) is 0 Å². The molecule has 1 fully saturated rings. The lowest BCUT2D eigenvalue weighted by Gasteiger charge is -2.23. The number of rotatable bonds is 2. The van der Waals surface area contributed by atoms with E-state index in [0.29, 0.717) is 24.5 Å². The maximum absolute atomic E-state index is 11.3. The number of benzene rings is 1. The average molecular weight is 269 g/mol. The minimum absolute atomic E-state index is 0.0780. The molecule has 0 radical (unpaired) electrons. The SMILES string of the molecule is CC(O)c1ccc(N2CCNC(=O)CC2)c(Cl)c1. The summed E-state index contributed by atoms with van der Waals surface area (Å²) in [6, 6.07) is 5.55. The fourth-order valence-electron chi connectivity index (χ4n) is 2.05. The van der Waals surface area contributed by atoms with Gasteiger partial charge in [-0.05, 0) is 24.6 Å². The van der Waals surface area contributed by atoms with Gasteiger partial charge in [-0.1, -0.05) is 17.7 Å². The molecule has 0 spiro atoms.